The Kier molecular flexibility index (Phi) is 7.94. The number of primary amides is 1. The van der Waals surface area contributed by atoms with Crippen LogP contribution in [0.2, 0.25) is 5.02 Å². The van der Waals surface area contributed by atoms with Crippen LogP contribution in [0.15, 0.2) is 66.7 Å². The highest BCUT2D eigenvalue weighted by Crippen LogP contribution is 2.37. The molecule has 0 atom stereocenters. The van der Waals surface area contributed by atoms with E-state index in [0.717, 1.165) is 12.0 Å². The van der Waals surface area contributed by atoms with E-state index in [0.29, 0.717) is 18.0 Å². The first-order chi connectivity index (χ1) is 15.5. The maximum Gasteiger partial charge on any atom is 0.255 e. The normalized spacial score (nSPS) is 10.3. The van der Waals surface area contributed by atoms with Gasteiger partial charge >= 0.3 is 0 Å². The van der Waals surface area contributed by atoms with Gasteiger partial charge in [0.2, 0.25) is 0 Å². The van der Waals surface area contributed by atoms with Crippen molar-refractivity contribution in [1.82, 2.24) is 0 Å². The molecule has 0 aromatic heterocycles. The zero-order valence-corrected chi connectivity index (χ0v) is 18.2. The van der Waals surface area contributed by atoms with Crippen LogP contribution in [0.4, 0.5) is 5.69 Å². The number of hydrogen-bond acceptors (Lipinski definition) is 5. The minimum atomic E-state index is -0.659. The van der Waals surface area contributed by atoms with Crippen LogP contribution in [0.25, 0.3) is 0 Å². The number of rotatable bonds is 10. The number of ether oxygens (including phenoxy) is 3. The van der Waals surface area contributed by atoms with Gasteiger partial charge in [0.05, 0.1) is 24.4 Å². The van der Waals surface area contributed by atoms with Gasteiger partial charge in [0.15, 0.2) is 18.1 Å². The van der Waals surface area contributed by atoms with Crippen LogP contribution in [0.5, 0.6) is 17.2 Å². The molecule has 3 rings (SSSR count). The second-order valence-electron chi connectivity index (χ2n) is 6.78. The number of para-hydroxylation sites is 2. The molecular formula is C24H23ClN2O5. The summed E-state index contributed by atoms with van der Waals surface area (Å²) >= 11 is 6.24. The summed E-state index contributed by atoms with van der Waals surface area (Å²) in [6, 6.07) is 20.0. The van der Waals surface area contributed by atoms with Gasteiger partial charge in [-0.1, -0.05) is 54.1 Å². The molecule has 0 spiro atoms. The van der Waals surface area contributed by atoms with Crippen molar-refractivity contribution in [3.05, 3.63) is 82.9 Å². The molecule has 166 valence electrons. The fourth-order valence-electron chi connectivity index (χ4n) is 2.95. The summed E-state index contributed by atoms with van der Waals surface area (Å²) in [6.45, 7) is 0.0950. The van der Waals surface area contributed by atoms with Gasteiger partial charge < -0.3 is 25.3 Å². The summed E-state index contributed by atoms with van der Waals surface area (Å²) in [5, 5.41) is 2.94. The fraction of sp³-hybridized carbons (Fsp3) is 0.167. The molecule has 2 amide bonds. The Balaban J connectivity index is 1.71. The molecule has 32 heavy (non-hydrogen) atoms. The van der Waals surface area contributed by atoms with Crippen molar-refractivity contribution in [1.29, 1.82) is 0 Å². The van der Waals surface area contributed by atoms with Crippen LogP contribution in [-0.4, -0.2) is 32.1 Å². The molecule has 0 unspecified atom stereocenters. The average molecular weight is 455 g/mol. The predicted molar refractivity (Wildman–Crippen MR) is 123 cm³/mol. The number of benzene rings is 3. The predicted octanol–water partition coefficient (Wildman–Crippen LogP) is 4.09. The van der Waals surface area contributed by atoms with E-state index >= 15 is 0 Å². The lowest BCUT2D eigenvalue weighted by Gasteiger charge is -2.15. The van der Waals surface area contributed by atoms with E-state index in [1.165, 1.54) is 19.2 Å². The van der Waals surface area contributed by atoms with Crippen molar-refractivity contribution >= 4 is 29.1 Å². The Morgan fingerprint density at radius 1 is 0.969 bits per heavy atom. The molecule has 7 nitrogen and oxygen atoms in total. The van der Waals surface area contributed by atoms with E-state index in [2.05, 4.69) is 5.32 Å². The smallest absolute Gasteiger partial charge is 0.255 e. The SMILES string of the molecule is COc1cc(C(=O)Nc2ccccc2OCCc2ccccc2)cc(Cl)c1OCC(N)=O. The standard InChI is InChI=1S/C24H23ClN2O5/c1-30-21-14-17(13-18(25)23(21)32-15-22(26)28)24(29)27-19-9-5-6-10-20(19)31-12-11-16-7-3-2-4-8-16/h2-10,13-14H,11-12,15H2,1H3,(H2,26,28)(H,27,29). The number of nitrogens with one attached hydrogen (secondary N) is 1. The van der Waals surface area contributed by atoms with Gasteiger partial charge in [-0.2, -0.15) is 0 Å². The molecule has 8 heteroatoms. The molecule has 0 aliphatic carbocycles. The fourth-order valence-corrected chi connectivity index (χ4v) is 3.21. The first kappa shape index (κ1) is 23.0. The van der Waals surface area contributed by atoms with E-state index in [9.17, 15) is 9.59 Å². The van der Waals surface area contributed by atoms with E-state index in [1.54, 1.807) is 18.2 Å². The third kappa shape index (κ3) is 6.15. The van der Waals surface area contributed by atoms with Gasteiger partial charge in [0, 0.05) is 12.0 Å². The Morgan fingerprint density at radius 2 is 1.69 bits per heavy atom. The molecule has 3 N–H and O–H groups in total. The van der Waals surface area contributed by atoms with Crippen LogP contribution in [0.3, 0.4) is 0 Å². The number of hydrogen-bond donors (Lipinski definition) is 2. The minimum Gasteiger partial charge on any atom is -0.493 e. The second-order valence-corrected chi connectivity index (χ2v) is 7.19. The van der Waals surface area contributed by atoms with Crippen molar-refractivity contribution < 1.29 is 23.8 Å². The van der Waals surface area contributed by atoms with Gasteiger partial charge in [-0.15, -0.1) is 0 Å². The lowest BCUT2D eigenvalue weighted by atomic mass is 10.1. The van der Waals surface area contributed by atoms with Crippen molar-refractivity contribution in [2.45, 2.75) is 6.42 Å². The van der Waals surface area contributed by atoms with Crippen LogP contribution >= 0.6 is 11.6 Å². The third-order valence-electron chi connectivity index (χ3n) is 4.48. The number of amides is 2. The van der Waals surface area contributed by atoms with Crippen LogP contribution in [0, 0.1) is 0 Å². The highest BCUT2D eigenvalue weighted by atomic mass is 35.5. The number of anilines is 1. The van der Waals surface area contributed by atoms with Gasteiger partial charge in [0.25, 0.3) is 11.8 Å². The van der Waals surface area contributed by atoms with Crippen molar-refractivity contribution in [2.24, 2.45) is 5.73 Å². The Hall–Kier alpha value is -3.71. The summed E-state index contributed by atoms with van der Waals surface area (Å²) in [5.41, 5.74) is 7.04. The Bertz CT molecular complexity index is 1090. The lowest BCUT2D eigenvalue weighted by molar-refractivity contribution is -0.119. The Morgan fingerprint density at radius 3 is 2.41 bits per heavy atom. The maximum absolute atomic E-state index is 12.9. The Labute approximate surface area is 191 Å². The topological polar surface area (TPSA) is 99.9 Å². The summed E-state index contributed by atoms with van der Waals surface area (Å²) in [4.78, 5) is 23.9. The number of halogens is 1. The van der Waals surface area contributed by atoms with Gasteiger partial charge in [-0.3, -0.25) is 9.59 Å². The zero-order valence-electron chi connectivity index (χ0n) is 17.5. The van der Waals surface area contributed by atoms with E-state index < -0.39 is 11.8 Å². The molecule has 3 aromatic carbocycles. The number of carbonyl (C=O) groups excluding carboxylic acids is 2. The largest absolute Gasteiger partial charge is 0.493 e. The monoisotopic (exact) mass is 454 g/mol. The molecule has 0 saturated heterocycles. The molecule has 0 bridgehead atoms. The van der Waals surface area contributed by atoms with Gasteiger partial charge in [0.1, 0.15) is 5.75 Å². The van der Waals surface area contributed by atoms with Crippen LogP contribution in [-0.2, 0) is 11.2 Å². The summed E-state index contributed by atoms with van der Waals surface area (Å²) < 4.78 is 16.4. The van der Waals surface area contributed by atoms with E-state index in [-0.39, 0.29) is 28.7 Å². The van der Waals surface area contributed by atoms with Crippen molar-refractivity contribution in [3.8, 4) is 17.2 Å². The molecule has 3 aromatic rings. The van der Waals surface area contributed by atoms with Crippen molar-refractivity contribution in [2.75, 3.05) is 25.6 Å². The number of carbonyl (C=O) groups is 2. The molecule has 0 fully saturated rings. The first-order valence-electron chi connectivity index (χ1n) is 9.83. The number of nitrogens with two attached hydrogens (primary N) is 1. The molecule has 0 aliphatic rings. The van der Waals surface area contributed by atoms with E-state index in [1.807, 2.05) is 36.4 Å². The summed E-state index contributed by atoms with van der Waals surface area (Å²) in [6.07, 6.45) is 0.739. The van der Waals surface area contributed by atoms with Crippen LogP contribution < -0.4 is 25.3 Å². The van der Waals surface area contributed by atoms with Crippen LogP contribution in [0.1, 0.15) is 15.9 Å². The first-order valence-corrected chi connectivity index (χ1v) is 10.2. The molecule has 0 saturated carbocycles. The quantitative estimate of drug-likeness (QED) is 0.480. The highest BCUT2D eigenvalue weighted by molar-refractivity contribution is 6.32. The van der Waals surface area contributed by atoms with Gasteiger partial charge in [-0.25, -0.2) is 0 Å². The van der Waals surface area contributed by atoms with Gasteiger partial charge in [-0.05, 0) is 29.8 Å². The molecule has 0 aliphatic heterocycles. The maximum atomic E-state index is 12.9. The highest BCUT2D eigenvalue weighted by Gasteiger charge is 2.18. The molecular weight excluding hydrogens is 432 g/mol. The summed E-state index contributed by atoms with van der Waals surface area (Å²) in [7, 11) is 1.40. The minimum absolute atomic E-state index is 0.114. The van der Waals surface area contributed by atoms with Crippen molar-refractivity contribution in [3.63, 3.8) is 0 Å². The lowest BCUT2D eigenvalue weighted by Crippen LogP contribution is -2.20. The summed E-state index contributed by atoms with van der Waals surface area (Å²) in [5.74, 6) is -0.179. The number of methoxy groups -OCH3 is 1. The molecule has 0 heterocycles. The third-order valence-corrected chi connectivity index (χ3v) is 4.76. The van der Waals surface area contributed by atoms with E-state index in [4.69, 9.17) is 31.5 Å². The molecule has 0 radical (unpaired) electrons. The second kappa shape index (κ2) is 11.1. The average Bonchev–Trinajstić information content (AvgIpc) is 2.79. The zero-order chi connectivity index (χ0) is 22.9.